The molecule has 3 N–H and O–H groups in total. The molecule has 0 bridgehead atoms. The van der Waals surface area contributed by atoms with Crippen LogP contribution in [0.3, 0.4) is 0 Å². The van der Waals surface area contributed by atoms with E-state index in [0.717, 1.165) is 41.5 Å². The summed E-state index contributed by atoms with van der Waals surface area (Å²) in [7, 11) is -2.04. The Labute approximate surface area is 179 Å². The lowest BCUT2D eigenvalue weighted by Crippen LogP contribution is -2.22. The van der Waals surface area contributed by atoms with E-state index >= 15 is 0 Å². The minimum absolute atomic E-state index is 0.0635. The van der Waals surface area contributed by atoms with Crippen molar-refractivity contribution < 1.29 is 22.9 Å². The maximum atomic E-state index is 14.1. The highest BCUT2D eigenvalue weighted by Crippen LogP contribution is 2.39. The zero-order valence-corrected chi connectivity index (χ0v) is 17.9. The summed E-state index contributed by atoms with van der Waals surface area (Å²) >= 11 is 0. The summed E-state index contributed by atoms with van der Waals surface area (Å²) in [6.07, 6.45) is 3.35. The number of hydrogen-bond donors (Lipinski definition) is 2. The van der Waals surface area contributed by atoms with Crippen molar-refractivity contribution in [1.29, 1.82) is 0 Å². The lowest BCUT2D eigenvalue weighted by atomic mass is 9.99. The molecule has 0 saturated carbocycles. The van der Waals surface area contributed by atoms with Crippen molar-refractivity contribution in [3.05, 3.63) is 34.5 Å². The van der Waals surface area contributed by atoms with Gasteiger partial charge in [0.1, 0.15) is 17.2 Å². The molecule has 1 aromatic heterocycles. The molecule has 0 unspecified atom stereocenters. The van der Waals surface area contributed by atoms with Gasteiger partial charge in [0, 0.05) is 25.6 Å². The number of ether oxygens (including phenoxy) is 2. The van der Waals surface area contributed by atoms with E-state index < -0.39 is 22.1 Å². The summed E-state index contributed by atoms with van der Waals surface area (Å²) in [4.78, 5) is 12.8. The first-order valence-corrected chi connectivity index (χ1v) is 11.8. The first-order chi connectivity index (χ1) is 14.9. The van der Waals surface area contributed by atoms with Crippen LogP contribution in [0.5, 0.6) is 5.88 Å². The molecule has 0 radical (unpaired) electrons. The average molecular weight is 450 g/mol. The number of aromatic nitrogens is 2. The fraction of sp³-hybridized carbons (Fsp3) is 0.500. The zero-order valence-electron chi connectivity index (χ0n) is 17.1. The molecule has 2 aromatic rings. The predicted molar refractivity (Wildman–Crippen MR) is 111 cm³/mol. The van der Waals surface area contributed by atoms with Crippen LogP contribution in [0.15, 0.2) is 21.5 Å². The van der Waals surface area contributed by atoms with Gasteiger partial charge in [-0.05, 0) is 41.5 Å². The quantitative estimate of drug-likeness (QED) is 0.741. The fourth-order valence-electron chi connectivity index (χ4n) is 4.72. The molecule has 9 nitrogen and oxygen atoms in total. The molecule has 31 heavy (non-hydrogen) atoms. The van der Waals surface area contributed by atoms with Crippen LogP contribution in [-0.4, -0.2) is 46.0 Å². The second-order valence-electron chi connectivity index (χ2n) is 8.17. The Balaban J connectivity index is 1.44. The van der Waals surface area contributed by atoms with E-state index in [4.69, 9.17) is 14.6 Å². The molecule has 5 rings (SSSR count). The number of methoxy groups -OCH3 is 1. The van der Waals surface area contributed by atoms with Gasteiger partial charge < -0.3 is 14.8 Å². The number of halogens is 1. The molecule has 0 fully saturated rings. The van der Waals surface area contributed by atoms with E-state index in [9.17, 15) is 13.4 Å². The van der Waals surface area contributed by atoms with E-state index in [2.05, 4.69) is 20.8 Å². The summed E-state index contributed by atoms with van der Waals surface area (Å²) in [6, 6.07) is 1.23. The summed E-state index contributed by atoms with van der Waals surface area (Å²) in [5, 5.41) is 12.8. The van der Waals surface area contributed by atoms with Gasteiger partial charge in [0.2, 0.25) is 5.88 Å². The lowest BCUT2D eigenvalue weighted by molar-refractivity contribution is 0.0920. The third-order valence-corrected chi connectivity index (χ3v) is 7.35. The minimum atomic E-state index is -3.60. The summed E-state index contributed by atoms with van der Waals surface area (Å²) in [6.45, 7) is 0.767. The highest BCUT2D eigenvalue weighted by atomic mass is 32.2. The standard InChI is InChI=1S/C20H24FN5O4S/c1-29-10-14-9-26-19(30-14)17(8-23-26)31(22,28)25-20(27)24-18-15-4-2-3-11(15)5-12-6-13(21)7-16(12)18/h5,8,13-14H,2-4,6-7,9-10H2,1H3,(H3,22,24,25,27,28)/t13-,14-,31+/m1/s1. The maximum absolute atomic E-state index is 14.1. The van der Waals surface area contributed by atoms with Crippen molar-refractivity contribution in [3.8, 4) is 5.88 Å². The summed E-state index contributed by atoms with van der Waals surface area (Å²) in [5.41, 5.74) is 4.47. The van der Waals surface area contributed by atoms with Gasteiger partial charge in [0.15, 0.2) is 9.92 Å². The number of nitrogens with one attached hydrogen (secondary N) is 1. The molecular weight excluding hydrogens is 425 g/mol. The number of fused-ring (bicyclic) bond motifs is 3. The van der Waals surface area contributed by atoms with Gasteiger partial charge in [0.25, 0.3) is 0 Å². The van der Waals surface area contributed by atoms with Gasteiger partial charge in [-0.2, -0.15) is 5.10 Å². The monoisotopic (exact) mass is 449 g/mol. The molecule has 2 aliphatic carbocycles. The molecule has 1 aliphatic heterocycles. The van der Waals surface area contributed by atoms with Crippen LogP contribution in [0.2, 0.25) is 0 Å². The number of carbonyl (C=O) groups is 1. The normalized spacial score (nSPS) is 22.9. The van der Waals surface area contributed by atoms with E-state index in [-0.39, 0.29) is 23.3 Å². The number of nitrogens with two attached hydrogens (primary N) is 1. The van der Waals surface area contributed by atoms with E-state index in [1.807, 2.05) is 0 Å². The van der Waals surface area contributed by atoms with Crippen molar-refractivity contribution in [3.63, 3.8) is 0 Å². The first-order valence-electron chi connectivity index (χ1n) is 10.2. The molecule has 1 aromatic carbocycles. The van der Waals surface area contributed by atoms with Crippen LogP contribution in [0.1, 0.15) is 28.7 Å². The van der Waals surface area contributed by atoms with Gasteiger partial charge in [0.05, 0.1) is 19.3 Å². The van der Waals surface area contributed by atoms with E-state index in [1.54, 1.807) is 7.11 Å². The van der Waals surface area contributed by atoms with Crippen LogP contribution in [-0.2, 0) is 46.9 Å². The average Bonchev–Trinajstić information content (AvgIpc) is 3.43. The van der Waals surface area contributed by atoms with Crippen molar-refractivity contribution in [2.75, 3.05) is 19.0 Å². The number of alkyl halides is 1. The number of nitrogens with zero attached hydrogens (tertiary/aromatic N) is 3. The maximum Gasteiger partial charge on any atom is 0.354 e. The Morgan fingerprint density at radius 1 is 1.42 bits per heavy atom. The smallest absolute Gasteiger partial charge is 0.354 e. The summed E-state index contributed by atoms with van der Waals surface area (Å²) < 4.78 is 43.3. The lowest BCUT2D eigenvalue weighted by Gasteiger charge is -2.15. The zero-order chi connectivity index (χ0) is 21.8. The van der Waals surface area contributed by atoms with Gasteiger partial charge in [-0.25, -0.2) is 23.2 Å². The number of carbonyl (C=O) groups excluding carboxylic acids is 1. The molecule has 3 atom stereocenters. The number of aryl methyl sites for hydroxylation is 1. The van der Waals surface area contributed by atoms with Gasteiger partial charge >= 0.3 is 6.03 Å². The molecule has 0 saturated heterocycles. The Morgan fingerprint density at radius 3 is 3.06 bits per heavy atom. The second kappa shape index (κ2) is 7.57. The van der Waals surface area contributed by atoms with Gasteiger partial charge in [-0.15, -0.1) is 4.36 Å². The Bertz CT molecular complexity index is 1190. The molecule has 2 amide bonds. The van der Waals surface area contributed by atoms with Crippen LogP contribution in [0, 0.1) is 0 Å². The second-order valence-corrected chi connectivity index (χ2v) is 9.93. The fourth-order valence-corrected chi connectivity index (χ4v) is 5.71. The predicted octanol–water partition coefficient (Wildman–Crippen LogP) is 2.15. The SMILES string of the molecule is COC[C@H]1Cn2ncc([S@@](N)(=O)=NC(=O)Nc3c4c(cc5c3C[C@H](F)C5)CCC4)c2O1. The number of rotatable bonds is 4. The third kappa shape index (κ3) is 3.60. The van der Waals surface area contributed by atoms with Gasteiger partial charge in [-0.3, -0.25) is 0 Å². The minimum Gasteiger partial charge on any atom is -0.469 e. The highest BCUT2D eigenvalue weighted by molar-refractivity contribution is 7.91. The van der Waals surface area contributed by atoms with Crippen molar-refractivity contribution in [2.24, 2.45) is 9.50 Å². The molecule has 3 aliphatic rings. The van der Waals surface area contributed by atoms with Crippen LogP contribution >= 0.6 is 0 Å². The Kier molecular flexibility index (Phi) is 4.98. The molecular formula is C20H24FN5O4S. The Morgan fingerprint density at radius 2 is 2.26 bits per heavy atom. The number of urea groups is 1. The van der Waals surface area contributed by atoms with Crippen LogP contribution in [0.25, 0.3) is 0 Å². The molecule has 2 heterocycles. The topological polar surface area (TPSA) is 121 Å². The van der Waals surface area contributed by atoms with Crippen molar-refractivity contribution in [2.45, 2.75) is 55.8 Å². The van der Waals surface area contributed by atoms with Crippen molar-refractivity contribution in [1.82, 2.24) is 9.78 Å². The number of anilines is 1. The summed E-state index contributed by atoms with van der Waals surface area (Å²) in [5.74, 6) is 0.230. The van der Waals surface area contributed by atoms with E-state index in [0.29, 0.717) is 25.3 Å². The van der Waals surface area contributed by atoms with Crippen LogP contribution < -0.4 is 15.2 Å². The van der Waals surface area contributed by atoms with E-state index in [1.165, 1.54) is 10.9 Å². The first kappa shape index (κ1) is 20.4. The molecule has 11 heteroatoms. The van der Waals surface area contributed by atoms with Crippen LogP contribution in [0.4, 0.5) is 14.9 Å². The van der Waals surface area contributed by atoms with Crippen molar-refractivity contribution >= 4 is 21.6 Å². The number of hydrogen-bond acceptors (Lipinski definition) is 5. The highest BCUT2D eigenvalue weighted by Gasteiger charge is 2.32. The number of amides is 2. The molecule has 166 valence electrons. The largest absolute Gasteiger partial charge is 0.469 e. The molecule has 0 spiro atoms. The Hall–Kier alpha value is -2.50. The number of benzene rings is 1. The third-order valence-electron chi connectivity index (χ3n) is 6.00. The van der Waals surface area contributed by atoms with Gasteiger partial charge in [-0.1, -0.05) is 6.07 Å².